The largest absolute Gasteiger partial charge is 0.352 e. The predicted octanol–water partition coefficient (Wildman–Crippen LogP) is 1.54. The first-order chi connectivity index (χ1) is 11.5. The van der Waals surface area contributed by atoms with Crippen LogP contribution < -0.4 is 5.32 Å². The second-order valence-corrected chi connectivity index (χ2v) is 7.91. The van der Waals surface area contributed by atoms with Crippen molar-refractivity contribution in [2.45, 2.75) is 31.6 Å². The highest BCUT2D eigenvalue weighted by atomic mass is 32.2. The maximum atomic E-state index is 12.8. The Kier molecular flexibility index (Phi) is 6.77. The summed E-state index contributed by atoms with van der Waals surface area (Å²) in [5, 5.41) is 2.82. The van der Waals surface area contributed by atoms with Crippen LogP contribution in [0.15, 0.2) is 29.2 Å². The van der Waals surface area contributed by atoms with Crippen molar-refractivity contribution in [2.75, 3.05) is 39.3 Å². The third kappa shape index (κ3) is 4.55. The summed E-state index contributed by atoms with van der Waals surface area (Å²) < 4.78 is 27.1. The number of nitrogens with one attached hydrogen (secondary N) is 1. The Hall–Kier alpha value is -1.44. The lowest BCUT2D eigenvalue weighted by molar-refractivity contribution is 0.0953. The predicted molar refractivity (Wildman–Crippen MR) is 94.6 cm³/mol. The molecule has 1 N–H and O–H groups in total. The van der Waals surface area contributed by atoms with Crippen LogP contribution in [-0.2, 0) is 10.0 Å². The molecule has 1 saturated heterocycles. The summed E-state index contributed by atoms with van der Waals surface area (Å²) in [6.45, 7) is 8.13. The molecule has 0 saturated carbocycles. The van der Waals surface area contributed by atoms with E-state index in [0.29, 0.717) is 25.2 Å². The zero-order chi connectivity index (χ0) is 17.6. The number of nitrogens with zero attached hydrogens (tertiary/aromatic N) is 2. The van der Waals surface area contributed by atoms with Crippen molar-refractivity contribution in [3.63, 3.8) is 0 Å². The van der Waals surface area contributed by atoms with E-state index < -0.39 is 10.0 Å². The third-order valence-electron chi connectivity index (χ3n) is 4.33. The number of unbranched alkanes of at least 4 members (excludes halogenated alkanes) is 1. The van der Waals surface area contributed by atoms with Crippen LogP contribution in [0, 0.1) is 0 Å². The number of carbonyl (C=O) groups is 1. The van der Waals surface area contributed by atoms with E-state index in [1.54, 1.807) is 18.2 Å². The fourth-order valence-corrected chi connectivity index (χ4v) is 4.18. The average molecular weight is 353 g/mol. The number of hydrogen-bond acceptors (Lipinski definition) is 4. The average Bonchev–Trinajstić information content (AvgIpc) is 2.62. The fraction of sp³-hybridized carbons (Fsp3) is 0.588. The summed E-state index contributed by atoms with van der Waals surface area (Å²) in [4.78, 5) is 14.5. The van der Waals surface area contributed by atoms with Gasteiger partial charge >= 0.3 is 0 Å². The first-order valence-corrected chi connectivity index (χ1v) is 10.0. The molecule has 2 rings (SSSR count). The quantitative estimate of drug-likeness (QED) is 0.755. The lowest BCUT2D eigenvalue weighted by Gasteiger charge is -2.33. The zero-order valence-electron chi connectivity index (χ0n) is 14.5. The van der Waals surface area contributed by atoms with Gasteiger partial charge in [-0.05, 0) is 31.2 Å². The third-order valence-corrected chi connectivity index (χ3v) is 6.22. The molecule has 1 heterocycles. The number of piperazine rings is 1. The van der Waals surface area contributed by atoms with Gasteiger partial charge in [-0.15, -0.1) is 0 Å². The minimum absolute atomic E-state index is 0.190. The molecule has 0 atom stereocenters. The van der Waals surface area contributed by atoms with Gasteiger partial charge in [0.15, 0.2) is 0 Å². The first-order valence-electron chi connectivity index (χ1n) is 8.59. The first kappa shape index (κ1) is 18.9. The summed E-state index contributed by atoms with van der Waals surface area (Å²) in [6.07, 6.45) is 1.91. The number of sulfonamides is 1. The van der Waals surface area contributed by atoms with Gasteiger partial charge in [0.2, 0.25) is 10.0 Å². The Morgan fingerprint density at radius 2 is 1.88 bits per heavy atom. The molecule has 7 heteroatoms. The fourth-order valence-electron chi connectivity index (χ4n) is 2.71. The van der Waals surface area contributed by atoms with Gasteiger partial charge in [0.1, 0.15) is 0 Å². The number of likely N-dealkylation sites (N-methyl/N-ethyl adjacent to an activating group) is 1. The van der Waals surface area contributed by atoms with Gasteiger partial charge in [-0.25, -0.2) is 8.42 Å². The van der Waals surface area contributed by atoms with E-state index in [0.717, 1.165) is 32.5 Å². The lowest BCUT2D eigenvalue weighted by atomic mass is 10.2. The Balaban J connectivity index is 2.10. The highest BCUT2D eigenvalue weighted by Gasteiger charge is 2.28. The summed E-state index contributed by atoms with van der Waals surface area (Å²) in [5.41, 5.74) is 0.388. The number of rotatable bonds is 7. The second kappa shape index (κ2) is 8.60. The molecule has 134 valence electrons. The van der Waals surface area contributed by atoms with Crippen molar-refractivity contribution in [1.82, 2.24) is 14.5 Å². The molecule has 0 radical (unpaired) electrons. The van der Waals surface area contributed by atoms with Gasteiger partial charge in [-0.3, -0.25) is 4.79 Å². The monoisotopic (exact) mass is 353 g/mol. The van der Waals surface area contributed by atoms with Gasteiger partial charge in [0.25, 0.3) is 5.91 Å². The minimum atomic E-state index is -3.55. The van der Waals surface area contributed by atoms with Gasteiger partial charge in [-0.2, -0.15) is 4.31 Å². The van der Waals surface area contributed by atoms with E-state index in [2.05, 4.69) is 24.1 Å². The molecule has 1 amide bonds. The maximum absolute atomic E-state index is 12.8. The molecule has 0 aromatic heterocycles. The van der Waals surface area contributed by atoms with Crippen LogP contribution in [0.3, 0.4) is 0 Å². The van der Waals surface area contributed by atoms with Gasteiger partial charge < -0.3 is 10.2 Å². The zero-order valence-corrected chi connectivity index (χ0v) is 15.3. The normalized spacial score (nSPS) is 16.9. The standard InChI is InChI=1S/C17H27N3O3S/c1-3-5-9-18-17(21)15-7-6-8-16(14-15)24(22,23)20-12-10-19(4-2)11-13-20/h6-8,14H,3-5,9-13H2,1-2H3,(H,18,21). The molecule has 1 aromatic carbocycles. The summed E-state index contributed by atoms with van der Waals surface area (Å²) in [5.74, 6) is -0.226. The van der Waals surface area contributed by atoms with Crippen LogP contribution in [0.2, 0.25) is 0 Å². The number of hydrogen-bond donors (Lipinski definition) is 1. The summed E-state index contributed by atoms with van der Waals surface area (Å²) >= 11 is 0. The van der Waals surface area contributed by atoms with E-state index in [1.165, 1.54) is 10.4 Å². The number of benzene rings is 1. The van der Waals surface area contributed by atoms with Crippen molar-refractivity contribution >= 4 is 15.9 Å². The van der Waals surface area contributed by atoms with Gasteiger partial charge in [0, 0.05) is 38.3 Å². The van der Waals surface area contributed by atoms with Crippen molar-refractivity contribution in [2.24, 2.45) is 0 Å². The van der Waals surface area contributed by atoms with Crippen LogP contribution in [0.4, 0.5) is 0 Å². The Morgan fingerprint density at radius 1 is 1.17 bits per heavy atom. The SMILES string of the molecule is CCCCNC(=O)c1cccc(S(=O)(=O)N2CCN(CC)CC2)c1. The Labute approximate surface area is 144 Å². The van der Waals surface area contributed by atoms with Crippen molar-refractivity contribution in [3.8, 4) is 0 Å². The van der Waals surface area contributed by atoms with Crippen LogP contribution in [0.1, 0.15) is 37.0 Å². The molecular formula is C17H27N3O3S. The van der Waals surface area contributed by atoms with Crippen molar-refractivity contribution in [3.05, 3.63) is 29.8 Å². The molecule has 0 aliphatic carbocycles. The maximum Gasteiger partial charge on any atom is 0.251 e. The summed E-state index contributed by atoms with van der Waals surface area (Å²) in [7, 11) is -3.55. The Bertz CT molecular complexity index is 653. The molecule has 1 aliphatic heterocycles. The van der Waals surface area contributed by atoms with E-state index in [1.807, 2.05) is 0 Å². The molecule has 1 aromatic rings. The topological polar surface area (TPSA) is 69.7 Å². The second-order valence-electron chi connectivity index (χ2n) is 5.98. The molecule has 1 fully saturated rings. The molecule has 1 aliphatic rings. The summed E-state index contributed by atoms with van der Waals surface area (Å²) in [6, 6.07) is 6.31. The minimum Gasteiger partial charge on any atom is -0.352 e. The van der Waals surface area contributed by atoms with Crippen molar-refractivity contribution in [1.29, 1.82) is 0 Å². The van der Waals surface area contributed by atoms with Crippen molar-refractivity contribution < 1.29 is 13.2 Å². The van der Waals surface area contributed by atoms with Crippen LogP contribution in [0.5, 0.6) is 0 Å². The van der Waals surface area contributed by atoms with E-state index in [9.17, 15) is 13.2 Å². The molecular weight excluding hydrogens is 326 g/mol. The smallest absolute Gasteiger partial charge is 0.251 e. The van der Waals surface area contributed by atoms with Crippen LogP contribution in [0.25, 0.3) is 0 Å². The Morgan fingerprint density at radius 3 is 2.50 bits per heavy atom. The molecule has 0 unspecified atom stereocenters. The molecule has 24 heavy (non-hydrogen) atoms. The number of carbonyl (C=O) groups excluding carboxylic acids is 1. The molecule has 0 spiro atoms. The van der Waals surface area contributed by atoms with E-state index >= 15 is 0 Å². The molecule has 6 nitrogen and oxygen atoms in total. The number of amides is 1. The lowest BCUT2D eigenvalue weighted by Crippen LogP contribution is -2.48. The van der Waals surface area contributed by atoms with E-state index in [4.69, 9.17) is 0 Å². The van der Waals surface area contributed by atoms with E-state index in [-0.39, 0.29) is 10.8 Å². The van der Waals surface area contributed by atoms with Crippen LogP contribution in [-0.4, -0.2) is 62.8 Å². The van der Waals surface area contributed by atoms with Gasteiger partial charge in [-0.1, -0.05) is 26.3 Å². The van der Waals surface area contributed by atoms with Crippen LogP contribution >= 0.6 is 0 Å². The highest BCUT2D eigenvalue weighted by molar-refractivity contribution is 7.89. The van der Waals surface area contributed by atoms with Gasteiger partial charge in [0.05, 0.1) is 4.90 Å². The molecule has 0 bridgehead atoms. The highest BCUT2D eigenvalue weighted by Crippen LogP contribution is 2.19.